The van der Waals surface area contributed by atoms with Gasteiger partial charge in [0, 0.05) is 25.6 Å². The van der Waals surface area contributed by atoms with Gasteiger partial charge in [-0.3, -0.25) is 9.59 Å². The largest absolute Gasteiger partial charge is 0.493 e. The number of fused-ring (bicyclic) bond motifs is 1. The maximum Gasteiger partial charge on any atom is 0.307 e. The van der Waals surface area contributed by atoms with Gasteiger partial charge in [-0.2, -0.15) is 0 Å². The summed E-state index contributed by atoms with van der Waals surface area (Å²) in [5.74, 6) is 0.508. The van der Waals surface area contributed by atoms with Crippen molar-refractivity contribution in [1.82, 2.24) is 4.90 Å². The molecule has 22 heavy (non-hydrogen) atoms. The van der Waals surface area contributed by atoms with E-state index in [1.165, 1.54) is 18.7 Å². The number of nitrogens with zero attached hydrogens (tertiary/aromatic N) is 1. The fraction of sp³-hybridized carbons (Fsp3) is 0.412. The molecule has 5 nitrogen and oxygen atoms in total. The predicted octanol–water partition coefficient (Wildman–Crippen LogP) is 2.05. The molecule has 0 saturated carbocycles. The van der Waals surface area contributed by atoms with E-state index in [1.54, 1.807) is 11.0 Å². The lowest BCUT2D eigenvalue weighted by molar-refractivity contribution is -0.141. The van der Waals surface area contributed by atoms with E-state index in [9.17, 15) is 9.59 Å². The zero-order valence-corrected chi connectivity index (χ0v) is 13.0. The molecule has 0 N–H and O–H groups in total. The fourth-order valence-corrected chi connectivity index (χ4v) is 2.34. The minimum atomic E-state index is -0.311. The predicted molar refractivity (Wildman–Crippen MR) is 83.6 cm³/mol. The number of rotatable bonds is 6. The van der Waals surface area contributed by atoms with Crippen molar-refractivity contribution in [1.29, 1.82) is 0 Å². The summed E-state index contributed by atoms with van der Waals surface area (Å²) in [7, 11) is 1.35. The SMILES string of the molecule is CCN(CCC(=O)OC)C(=O)C=Cc1ccc2c(c1)CCO2. The number of hydrogen-bond acceptors (Lipinski definition) is 4. The molecule has 1 aliphatic heterocycles. The number of benzene rings is 1. The average Bonchev–Trinajstić information content (AvgIpc) is 3.00. The lowest BCUT2D eigenvalue weighted by Gasteiger charge is -2.18. The molecule has 1 aromatic rings. The third-order valence-electron chi connectivity index (χ3n) is 3.64. The van der Waals surface area contributed by atoms with E-state index >= 15 is 0 Å². The summed E-state index contributed by atoms with van der Waals surface area (Å²) in [6, 6.07) is 5.90. The number of hydrogen-bond donors (Lipinski definition) is 0. The van der Waals surface area contributed by atoms with Crippen LogP contribution in [0.25, 0.3) is 6.08 Å². The second kappa shape index (κ2) is 7.64. The molecular weight excluding hydrogens is 282 g/mol. The van der Waals surface area contributed by atoms with Gasteiger partial charge in [-0.15, -0.1) is 0 Å². The van der Waals surface area contributed by atoms with Gasteiger partial charge in [0.1, 0.15) is 5.75 Å². The van der Waals surface area contributed by atoms with E-state index in [-0.39, 0.29) is 18.3 Å². The van der Waals surface area contributed by atoms with E-state index < -0.39 is 0 Å². The number of methoxy groups -OCH3 is 1. The molecule has 5 heteroatoms. The molecule has 0 atom stereocenters. The Balaban J connectivity index is 1.95. The molecule has 2 rings (SSSR count). The van der Waals surface area contributed by atoms with Crippen molar-refractivity contribution in [3.63, 3.8) is 0 Å². The number of esters is 1. The van der Waals surface area contributed by atoms with Crippen molar-refractivity contribution in [3.8, 4) is 5.75 Å². The van der Waals surface area contributed by atoms with Crippen LogP contribution >= 0.6 is 0 Å². The van der Waals surface area contributed by atoms with Crippen molar-refractivity contribution in [3.05, 3.63) is 35.4 Å². The van der Waals surface area contributed by atoms with Crippen LogP contribution in [-0.2, 0) is 20.7 Å². The first-order valence-corrected chi connectivity index (χ1v) is 7.43. The maximum atomic E-state index is 12.1. The standard InChI is InChI=1S/C17H21NO4/c1-3-18(10-8-17(20)21-2)16(19)7-5-13-4-6-15-14(12-13)9-11-22-15/h4-7,12H,3,8-11H2,1-2H3. The molecule has 0 radical (unpaired) electrons. The number of carbonyl (C=O) groups is 2. The summed E-state index contributed by atoms with van der Waals surface area (Å²) >= 11 is 0. The highest BCUT2D eigenvalue weighted by atomic mass is 16.5. The molecule has 1 amide bonds. The van der Waals surface area contributed by atoms with Gasteiger partial charge in [0.15, 0.2) is 0 Å². The average molecular weight is 303 g/mol. The monoisotopic (exact) mass is 303 g/mol. The van der Waals surface area contributed by atoms with E-state index in [0.717, 1.165) is 24.3 Å². The van der Waals surface area contributed by atoms with Crippen molar-refractivity contribution < 1.29 is 19.1 Å². The Morgan fingerprint density at radius 1 is 1.41 bits per heavy atom. The molecule has 0 aliphatic carbocycles. The summed E-state index contributed by atoms with van der Waals surface area (Å²) in [5.41, 5.74) is 2.15. The highest BCUT2D eigenvalue weighted by molar-refractivity contribution is 5.92. The van der Waals surface area contributed by atoms with Gasteiger partial charge in [-0.1, -0.05) is 6.07 Å². The summed E-state index contributed by atoms with van der Waals surface area (Å²) in [4.78, 5) is 24.9. The normalized spacial score (nSPS) is 12.8. The Morgan fingerprint density at radius 2 is 2.23 bits per heavy atom. The summed E-state index contributed by atoms with van der Waals surface area (Å²) in [6.45, 7) is 3.52. The fourth-order valence-electron chi connectivity index (χ4n) is 2.34. The summed E-state index contributed by atoms with van der Waals surface area (Å²) < 4.78 is 10.0. The molecule has 0 saturated heterocycles. The van der Waals surface area contributed by atoms with Crippen LogP contribution in [0.5, 0.6) is 5.75 Å². The zero-order valence-electron chi connectivity index (χ0n) is 13.0. The summed E-state index contributed by atoms with van der Waals surface area (Å²) in [5, 5.41) is 0. The van der Waals surface area contributed by atoms with Crippen LogP contribution in [0.1, 0.15) is 24.5 Å². The third kappa shape index (κ3) is 4.10. The quantitative estimate of drug-likeness (QED) is 0.596. The minimum Gasteiger partial charge on any atom is -0.493 e. The summed E-state index contributed by atoms with van der Waals surface area (Å²) in [6.07, 6.45) is 4.45. The molecule has 1 aromatic carbocycles. The molecule has 0 unspecified atom stereocenters. The maximum absolute atomic E-state index is 12.1. The molecule has 0 aromatic heterocycles. The Bertz CT molecular complexity index is 580. The van der Waals surface area contributed by atoms with Gasteiger partial charge >= 0.3 is 5.97 Å². The Hall–Kier alpha value is -2.30. The molecule has 118 valence electrons. The second-order valence-corrected chi connectivity index (χ2v) is 5.04. The first kappa shape index (κ1) is 16.1. The molecule has 0 fully saturated rings. The van der Waals surface area contributed by atoms with E-state index in [2.05, 4.69) is 4.74 Å². The number of likely N-dealkylation sites (N-methyl/N-ethyl adjacent to an activating group) is 1. The van der Waals surface area contributed by atoms with Crippen LogP contribution in [0.4, 0.5) is 0 Å². The van der Waals surface area contributed by atoms with Crippen LogP contribution in [-0.4, -0.2) is 43.6 Å². The number of ether oxygens (including phenoxy) is 2. The van der Waals surface area contributed by atoms with E-state index in [0.29, 0.717) is 13.1 Å². The second-order valence-electron chi connectivity index (χ2n) is 5.04. The van der Waals surface area contributed by atoms with Gasteiger partial charge in [0.25, 0.3) is 0 Å². The third-order valence-corrected chi connectivity index (χ3v) is 3.64. The Kier molecular flexibility index (Phi) is 5.58. The molecule has 0 spiro atoms. The van der Waals surface area contributed by atoms with Crippen molar-refractivity contribution >= 4 is 18.0 Å². The van der Waals surface area contributed by atoms with Crippen molar-refractivity contribution in [2.45, 2.75) is 19.8 Å². The smallest absolute Gasteiger partial charge is 0.307 e. The highest BCUT2D eigenvalue weighted by Gasteiger charge is 2.12. The van der Waals surface area contributed by atoms with Crippen molar-refractivity contribution in [2.24, 2.45) is 0 Å². The Morgan fingerprint density at radius 3 is 2.95 bits per heavy atom. The molecule has 0 bridgehead atoms. The first-order chi connectivity index (χ1) is 10.6. The topological polar surface area (TPSA) is 55.8 Å². The van der Waals surface area contributed by atoms with Gasteiger partial charge < -0.3 is 14.4 Å². The minimum absolute atomic E-state index is 0.108. The zero-order chi connectivity index (χ0) is 15.9. The van der Waals surface area contributed by atoms with Crippen LogP contribution in [0, 0.1) is 0 Å². The van der Waals surface area contributed by atoms with Gasteiger partial charge in [0.05, 0.1) is 20.1 Å². The first-order valence-electron chi connectivity index (χ1n) is 7.43. The lowest BCUT2D eigenvalue weighted by atomic mass is 10.1. The number of amides is 1. The molecule has 1 aliphatic rings. The van der Waals surface area contributed by atoms with E-state index in [4.69, 9.17) is 4.74 Å². The van der Waals surface area contributed by atoms with Gasteiger partial charge in [0.2, 0.25) is 5.91 Å². The highest BCUT2D eigenvalue weighted by Crippen LogP contribution is 2.26. The van der Waals surface area contributed by atoms with Gasteiger partial charge in [-0.05, 0) is 36.3 Å². The van der Waals surface area contributed by atoms with Crippen LogP contribution in [0.3, 0.4) is 0 Å². The van der Waals surface area contributed by atoms with Crippen LogP contribution < -0.4 is 4.74 Å². The number of carbonyl (C=O) groups excluding carboxylic acids is 2. The lowest BCUT2D eigenvalue weighted by Crippen LogP contribution is -2.31. The van der Waals surface area contributed by atoms with Crippen LogP contribution in [0.2, 0.25) is 0 Å². The molecular formula is C17H21NO4. The van der Waals surface area contributed by atoms with Gasteiger partial charge in [-0.25, -0.2) is 0 Å². The molecule has 1 heterocycles. The van der Waals surface area contributed by atoms with Crippen molar-refractivity contribution in [2.75, 3.05) is 26.8 Å². The Labute approximate surface area is 130 Å². The van der Waals surface area contributed by atoms with Crippen LogP contribution in [0.15, 0.2) is 24.3 Å². The van der Waals surface area contributed by atoms with E-state index in [1.807, 2.05) is 25.1 Å².